The zero-order valence-electron chi connectivity index (χ0n) is 21.9. The zero-order chi connectivity index (χ0) is 27.5. The molecule has 0 spiro atoms. The minimum absolute atomic E-state index is 0.0552. The van der Waals surface area contributed by atoms with Gasteiger partial charge < -0.3 is 24.0 Å². The molecular formula is C29H28N4O5S. The third kappa shape index (κ3) is 5.28. The molecule has 0 saturated heterocycles. The van der Waals surface area contributed by atoms with E-state index < -0.39 is 6.16 Å². The van der Waals surface area contributed by atoms with Crippen LogP contribution in [0.5, 0.6) is 11.6 Å². The first-order valence-electron chi connectivity index (χ1n) is 12.6. The maximum absolute atomic E-state index is 12.5. The van der Waals surface area contributed by atoms with E-state index >= 15 is 0 Å². The number of carbonyl (C=O) groups is 2. The van der Waals surface area contributed by atoms with Crippen LogP contribution in [0, 0.1) is 0 Å². The van der Waals surface area contributed by atoms with E-state index in [2.05, 4.69) is 15.7 Å². The van der Waals surface area contributed by atoms with E-state index in [0.717, 1.165) is 63.3 Å². The average Bonchev–Trinajstić information content (AvgIpc) is 3.50. The number of aromatic nitrogens is 3. The second-order valence-corrected chi connectivity index (χ2v) is 9.70. The summed E-state index contributed by atoms with van der Waals surface area (Å²) in [5.41, 5.74) is 5.40. The molecule has 0 unspecified atom stereocenters. The summed E-state index contributed by atoms with van der Waals surface area (Å²) in [6.07, 6.45) is 0.404. The molecule has 0 aliphatic heterocycles. The highest BCUT2D eigenvalue weighted by molar-refractivity contribution is 7.00. The van der Waals surface area contributed by atoms with Gasteiger partial charge in [-0.3, -0.25) is 4.79 Å². The van der Waals surface area contributed by atoms with Gasteiger partial charge in [-0.25, -0.2) is 4.79 Å². The van der Waals surface area contributed by atoms with Crippen molar-refractivity contribution in [3.05, 3.63) is 66.2 Å². The Kier molecular flexibility index (Phi) is 7.47. The van der Waals surface area contributed by atoms with Gasteiger partial charge in [-0.1, -0.05) is 31.5 Å². The number of rotatable bonds is 9. The number of fused-ring (bicyclic) bond motifs is 2. The van der Waals surface area contributed by atoms with Gasteiger partial charge in [-0.05, 0) is 60.0 Å². The predicted molar refractivity (Wildman–Crippen MR) is 152 cm³/mol. The van der Waals surface area contributed by atoms with Gasteiger partial charge in [-0.15, -0.1) is 0 Å². The molecule has 2 aromatic heterocycles. The Morgan fingerprint density at radius 2 is 1.79 bits per heavy atom. The van der Waals surface area contributed by atoms with E-state index in [9.17, 15) is 14.7 Å². The summed E-state index contributed by atoms with van der Waals surface area (Å²) in [6, 6.07) is 18.9. The van der Waals surface area contributed by atoms with Crippen molar-refractivity contribution in [1.82, 2.24) is 13.3 Å². The van der Waals surface area contributed by atoms with Crippen LogP contribution >= 0.6 is 11.7 Å². The predicted octanol–water partition coefficient (Wildman–Crippen LogP) is 6.58. The van der Waals surface area contributed by atoms with E-state index in [1.165, 1.54) is 0 Å². The first-order chi connectivity index (χ1) is 18.9. The van der Waals surface area contributed by atoms with E-state index in [1.807, 2.05) is 65.2 Å². The Morgan fingerprint density at radius 1 is 1.03 bits per heavy atom. The van der Waals surface area contributed by atoms with E-state index in [4.69, 9.17) is 9.47 Å². The van der Waals surface area contributed by atoms with Crippen LogP contribution in [0.3, 0.4) is 0 Å². The number of anilines is 1. The molecule has 0 radical (unpaired) electrons. The minimum Gasteiger partial charge on any atom is -0.497 e. The van der Waals surface area contributed by atoms with Crippen LogP contribution < -0.4 is 14.4 Å². The number of ether oxygens (including phenoxy) is 2. The number of carboxylic acid groups (broad SMARTS) is 1. The van der Waals surface area contributed by atoms with Crippen molar-refractivity contribution in [3.8, 4) is 22.8 Å². The first-order valence-corrected chi connectivity index (χ1v) is 13.3. The van der Waals surface area contributed by atoms with Crippen molar-refractivity contribution >= 4 is 51.4 Å². The molecule has 5 rings (SSSR count). The molecular weight excluding hydrogens is 516 g/mol. The molecule has 5 aromatic rings. The number of unbranched alkanes of at least 4 members (excludes halogenated alkanes) is 1. The van der Waals surface area contributed by atoms with Gasteiger partial charge in [-0.2, -0.15) is 8.75 Å². The third-order valence-electron chi connectivity index (χ3n) is 6.65. The van der Waals surface area contributed by atoms with Crippen LogP contribution in [0.15, 0.2) is 60.7 Å². The molecule has 0 fully saturated rings. The van der Waals surface area contributed by atoms with Gasteiger partial charge in [0.05, 0.1) is 36.5 Å². The fourth-order valence-corrected chi connectivity index (χ4v) is 5.28. The summed E-state index contributed by atoms with van der Waals surface area (Å²) >= 11 is 1.15. The number of hydrogen-bond donors (Lipinski definition) is 1. The first kappa shape index (κ1) is 26.2. The van der Waals surface area contributed by atoms with E-state index in [-0.39, 0.29) is 11.8 Å². The Bertz CT molecular complexity index is 1660. The number of carbonyl (C=O) groups excluding carboxylic acids is 1. The lowest BCUT2D eigenvalue weighted by Crippen LogP contribution is -2.29. The van der Waals surface area contributed by atoms with Crippen LogP contribution in [-0.2, 0) is 11.3 Å². The Hall–Kier alpha value is -4.44. The van der Waals surface area contributed by atoms with Gasteiger partial charge in [0.2, 0.25) is 11.8 Å². The fraction of sp³-hybridized carbons (Fsp3) is 0.241. The zero-order valence-corrected chi connectivity index (χ0v) is 22.7. The second-order valence-electron chi connectivity index (χ2n) is 9.18. The largest absolute Gasteiger partial charge is 0.512 e. The molecule has 9 nitrogen and oxygen atoms in total. The van der Waals surface area contributed by atoms with Crippen LogP contribution in [0.2, 0.25) is 0 Å². The molecule has 0 bridgehead atoms. The lowest BCUT2D eigenvalue weighted by molar-refractivity contribution is -0.116. The molecule has 3 aromatic carbocycles. The highest BCUT2D eigenvalue weighted by Gasteiger charge is 2.24. The van der Waals surface area contributed by atoms with Crippen LogP contribution in [-0.4, -0.2) is 44.1 Å². The molecule has 1 amide bonds. The molecule has 200 valence electrons. The van der Waals surface area contributed by atoms with Crippen LogP contribution in [0.25, 0.3) is 33.1 Å². The monoisotopic (exact) mass is 544 g/mol. The van der Waals surface area contributed by atoms with Gasteiger partial charge >= 0.3 is 6.16 Å². The van der Waals surface area contributed by atoms with Crippen molar-refractivity contribution in [2.75, 3.05) is 18.6 Å². The molecule has 39 heavy (non-hydrogen) atoms. The SMILES string of the molecule is CCCCN(C(C)=O)c1ccc2c(c1)c(-c1ccc(OC)cc1)c(OC(=O)O)n2Cc1ccc2nsnc2c1. The Labute approximate surface area is 229 Å². The van der Waals surface area contributed by atoms with Crippen molar-refractivity contribution < 1.29 is 24.2 Å². The van der Waals surface area contributed by atoms with Crippen molar-refractivity contribution in [1.29, 1.82) is 0 Å². The van der Waals surface area contributed by atoms with Gasteiger partial charge in [0.25, 0.3) is 0 Å². The summed E-state index contributed by atoms with van der Waals surface area (Å²) in [5, 5.41) is 10.5. The lowest BCUT2D eigenvalue weighted by Gasteiger charge is -2.21. The maximum Gasteiger partial charge on any atom is 0.512 e. The number of benzene rings is 3. The normalized spacial score (nSPS) is 11.2. The van der Waals surface area contributed by atoms with Crippen molar-refractivity contribution in [2.24, 2.45) is 0 Å². The quantitative estimate of drug-likeness (QED) is 0.209. The van der Waals surface area contributed by atoms with E-state index in [1.54, 1.807) is 18.9 Å². The van der Waals surface area contributed by atoms with Crippen molar-refractivity contribution in [3.63, 3.8) is 0 Å². The molecule has 0 saturated carbocycles. The molecule has 2 heterocycles. The summed E-state index contributed by atoms with van der Waals surface area (Å²) < 4.78 is 21.3. The third-order valence-corrected chi connectivity index (χ3v) is 7.20. The molecule has 0 aliphatic carbocycles. The van der Waals surface area contributed by atoms with Gasteiger partial charge in [0.15, 0.2) is 0 Å². The second kappa shape index (κ2) is 11.1. The summed E-state index contributed by atoms with van der Waals surface area (Å²) in [7, 11) is 1.59. The highest BCUT2D eigenvalue weighted by atomic mass is 32.1. The molecule has 0 atom stereocenters. The molecule has 1 N–H and O–H groups in total. The Balaban J connectivity index is 1.74. The number of methoxy groups -OCH3 is 1. The van der Waals surface area contributed by atoms with Crippen LogP contribution in [0.4, 0.5) is 10.5 Å². The summed E-state index contributed by atoms with van der Waals surface area (Å²) in [6.45, 7) is 4.57. The Morgan fingerprint density at radius 3 is 2.49 bits per heavy atom. The number of amides is 1. The fourth-order valence-electron chi connectivity index (χ4n) is 4.76. The van der Waals surface area contributed by atoms with Gasteiger partial charge in [0.1, 0.15) is 16.8 Å². The highest BCUT2D eigenvalue weighted by Crippen LogP contribution is 2.43. The van der Waals surface area contributed by atoms with Crippen molar-refractivity contribution in [2.45, 2.75) is 33.2 Å². The number of nitrogens with zero attached hydrogens (tertiary/aromatic N) is 4. The van der Waals surface area contributed by atoms with E-state index in [0.29, 0.717) is 24.4 Å². The topological polar surface area (TPSA) is 107 Å². The summed E-state index contributed by atoms with van der Waals surface area (Å²) in [5.74, 6) is 0.816. The number of hydrogen-bond acceptors (Lipinski definition) is 7. The van der Waals surface area contributed by atoms with Crippen LogP contribution in [0.1, 0.15) is 32.3 Å². The lowest BCUT2D eigenvalue weighted by atomic mass is 10.0. The summed E-state index contributed by atoms with van der Waals surface area (Å²) in [4.78, 5) is 26.2. The smallest absolute Gasteiger partial charge is 0.497 e. The molecule has 0 aliphatic rings. The average molecular weight is 545 g/mol. The van der Waals surface area contributed by atoms with Gasteiger partial charge in [0, 0.05) is 24.5 Å². The minimum atomic E-state index is -1.42. The maximum atomic E-state index is 12.5. The standard InChI is InChI=1S/C29H28N4O5S/c1-4-5-14-32(18(2)34)21-9-13-26-23(16-21)27(20-7-10-22(37-3)11-8-20)28(38-29(35)36)33(26)17-19-6-12-24-25(15-19)31-39-30-24/h6-13,15-16H,4-5,14,17H2,1-3H3,(H,35,36). The molecule has 10 heteroatoms.